The first kappa shape index (κ1) is 24.1. The Labute approximate surface area is 218 Å². The van der Waals surface area contributed by atoms with Crippen LogP contribution >= 0.6 is 0 Å². The molecule has 1 unspecified atom stereocenters. The Morgan fingerprint density at radius 1 is 0.730 bits per heavy atom. The fraction of sp³-hybridized carbons (Fsp3) is 0.121. The Morgan fingerprint density at radius 2 is 1.41 bits per heavy atom. The van der Waals surface area contributed by atoms with Crippen molar-refractivity contribution in [3.05, 3.63) is 138 Å². The molecular weight excluding hydrogens is 454 g/mol. The molecule has 1 aromatic heterocycles. The summed E-state index contributed by atoms with van der Waals surface area (Å²) < 4.78 is 6.23. The third-order valence-corrected chi connectivity index (χ3v) is 6.14. The minimum absolute atomic E-state index is 0.243. The summed E-state index contributed by atoms with van der Waals surface area (Å²) in [5.41, 5.74) is 5.30. The number of hydrogen-bond acceptors (Lipinski definition) is 4. The summed E-state index contributed by atoms with van der Waals surface area (Å²) in [6.45, 7) is 4.03. The molecule has 0 bridgehead atoms. The van der Waals surface area contributed by atoms with E-state index < -0.39 is 0 Å². The maximum absolute atomic E-state index is 6.23. The van der Waals surface area contributed by atoms with Crippen LogP contribution in [0.3, 0.4) is 0 Å². The molecule has 0 saturated heterocycles. The molecule has 0 N–H and O–H groups in total. The molecule has 2 heterocycles. The van der Waals surface area contributed by atoms with E-state index in [-0.39, 0.29) is 6.10 Å². The average molecular weight is 484 g/mol. The molecule has 4 nitrogen and oxygen atoms in total. The van der Waals surface area contributed by atoms with E-state index in [1.54, 1.807) is 0 Å². The van der Waals surface area contributed by atoms with Gasteiger partial charge in [0.15, 0.2) is 23.6 Å². The van der Waals surface area contributed by atoms with Gasteiger partial charge in [-0.15, -0.1) is 0 Å². The van der Waals surface area contributed by atoms with Crippen molar-refractivity contribution >= 4 is 5.57 Å². The zero-order chi connectivity index (χ0) is 25.5. The molecule has 5 rings (SSSR count). The number of allylic oxidation sites excluding steroid dienone is 8. The Kier molecular flexibility index (Phi) is 7.47. The highest BCUT2D eigenvalue weighted by Gasteiger charge is 2.27. The van der Waals surface area contributed by atoms with Crippen molar-refractivity contribution in [1.29, 1.82) is 0 Å². The second kappa shape index (κ2) is 11.4. The molecular formula is C33H29N3O. The van der Waals surface area contributed by atoms with Crippen molar-refractivity contribution in [2.75, 3.05) is 0 Å². The van der Waals surface area contributed by atoms with Gasteiger partial charge in [0.25, 0.3) is 0 Å². The first-order chi connectivity index (χ1) is 18.2. The van der Waals surface area contributed by atoms with E-state index in [2.05, 4.69) is 42.5 Å². The number of fused-ring (bicyclic) bond motifs is 1. The van der Waals surface area contributed by atoms with Crippen LogP contribution in [0.25, 0.3) is 28.3 Å². The summed E-state index contributed by atoms with van der Waals surface area (Å²) in [6.07, 6.45) is 14.9. The predicted molar refractivity (Wildman–Crippen MR) is 151 cm³/mol. The van der Waals surface area contributed by atoms with Crippen LogP contribution in [0.1, 0.15) is 36.9 Å². The van der Waals surface area contributed by atoms with Gasteiger partial charge in [-0.05, 0) is 36.6 Å². The van der Waals surface area contributed by atoms with Gasteiger partial charge < -0.3 is 4.74 Å². The maximum Gasteiger partial charge on any atom is 0.174 e. The topological polar surface area (TPSA) is 47.9 Å². The summed E-state index contributed by atoms with van der Waals surface area (Å²) in [6, 6.07) is 26.5. The smallest absolute Gasteiger partial charge is 0.174 e. The molecule has 0 spiro atoms. The summed E-state index contributed by atoms with van der Waals surface area (Å²) in [7, 11) is 0. The van der Waals surface area contributed by atoms with Crippen molar-refractivity contribution in [1.82, 2.24) is 15.0 Å². The molecule has 0 fully saturated rings. The fourth-order valence-electron chi connectivity index (χ4n) is 4.24. The molecule has 3 aromatic carbocycles. The van der Waals surface area contributed by atoms with Crippen LogP contribution in [0.2, 0.25) is 0 Å². The number of nitrogens with zero attached hydrogens (tertiary/aromatic N) is 3. The van der Waals surface area contributed by atoms with Gasteiger partial charge in [-0.25, -0.2) is 15.0 Å². The van der Waals surface area contributed by atoms with Gasteiger partial charge in [0.1, 0.15) is 5.75 Å². The number of aromatic nitrogens is 3. The van der Waals surface area contributed by atoms with Crippen LogP contribution in [0, 0.1) is 0 Å². The van der Waals surface area contributed by atoms with Crippen LogP contribution < -0.4 is 4.74 Å². The summed E-state index contributed by atoms with van der Waals surface area (Å²) >= 11 is 0. The highest BCUT2D eigenvalue weighted by atomic mass is 16.5. The van der Waals surface area contributed by atoms with Crippen LogP contribution in [0.5, 0.6) is 5.75 Å². The molecule has 182 valence electrons. The number of hydrogen-bond donors (Lipinski definition) is 0. The second-order valence-electron chi connectivity index (χ2n) is 8.74. The second-order valence-corrected chi connectivity index (χ2v) is 8.74. The summed E-state index contributed by atoms with van der Waals surface area (Å²) in [4.78, 5) is 14.6. The zero-order valence-corrected chi connectivity index (χ0v) is 21.1. The van der Waals surface area contributed by atoms with Crippen molar-refractivity contribution < 1.29 is 4.74 Å². The van der Waals surface area contributed by atoms with E-state index in [1.807, 2.05) is 92.8 Å². The Bertz CT molecular complexity index is 1460. The summed E-state index contributed by atoms with van der Waals surface area (Å²) in [5.74, 6) is 2.82. The van der Waals surface area contributed by atoms with E-state index in [0.717, 1.165) is 34.4 Å². The lowest BCUT2D eigenvalue weighted by Gasteiger charge is -2.13. The Balaban J connectivity index is 1.52. The Morgan fingerprint density at radius 3 is 2.11 bits per heavy atom. The highest BCUT2D eigenvalue weighted by Crippen LogP contribution is 2.36. The van der Waals surface area contributed by atoms with Gasteiger partial charge in [0, 0.05) is 17.5 Å². The number of ether oxygens (including phenoxy) is 1. The molecule has 0 radical (unpaired) electrons. The largest absolute Gasteiger partial charge is 0.482 e. The Hall–Kier alpha value is -4.57. The third kappa shape index (κ3) is 5.65. The van der Waals surface area contributed by atoms with Crippen LogP contribution in [0.15, 0.2) is 121 Å². The first-order valence-electron chi connectivity index (χ1n) is 12.5. The lowest BCUT2D eigenvalue weighted by atomic mass is 10.0. The molecule has 4 heteroatoms. The van der Waals surface area contributed by atoms with Gasteiger partial charge in [0.05, 0.1) is 0 Å². The third-order valence-electron chi connectivity index (χ3n) is 6.14. The zero-order valence-electron chi connectivity index (χ0n) is 21.1. The SMILES string of the molecule is C\C=C/C=C(\C=C/C=C/C)c1ccc(-c2nc(-c3ccccc3)nc(C3Cc4ccccc4O3)n2)cc1. The maximum atomic E-state index is 6.23. The molecule has 1 atom stereocenters. The van der Waals surface area contributed by atoms with Gasteiger partial charge >= 0.3 is 0 Å². The van der Waals surface area contributed by atoms with Crippen molar-refractivity contribution in [3.8, 4) is 28.5 Å². The molecule has 0 aliphatic carbocycles. The van der Waals surface area contributed by atoms with Gasteiger partial charge in [-0.1, -0.05) is 115 Å². The molecule has 0 amide bonds. The lowest BCUT2D eigenvalue weighted by molar-refractivity contribution is 0.227. The normalized spacial score (nSPS) is 15.5. The van der Waals surface area contributed by atoms with E-state index in [4.69, 9.17) is 19.7 Å². The minimum atomic E-state index is -0.243. The van der Waals surface area contributed by atoms with Crippen LogP contribution in [-0.4, -0.2) is 15.0 Å². The monoisotopic (exact) mass is 483 g/mol. The average Bonchev–Trinajstić information content (AvgIpc) is 3.40. The molecule has 4 aromatic rings. The quantitative estimate of drug-likeness (QED) is 0.250. The van der Waals surface area contributed by atoms with Crippen molar-refractivity contribution in [3.63, 3.8) is 0 Å². The molecule has 1 aliphatic heterocycles. The van der Waals surface area contributed by atoms with Crippen LogP contribution in [0.4, 0.5) is 0 Å². The van der Waals surface area contributed by atoms with Gasteiger partial charge in [0.2, 0.25) is 0 Å². The fourth-order valence-corrected chi connectivity index (χ4v) is 4.24. The molecule has 37 heavy (non-hydrogen) atoms. The number of para-hydroxylation sites is 1. The number of rotatable bonds is 7. The van der Waals surface area contributed by atoms with Crippen molar-refractivity contribution in [2.24, 2.45) is 0 Å². The number of benzene rings is 3. The van der Waals surface area contributed by atoms with Crippen LogP contribution in [-0.2, 0) is 6.42 Å². The van der Waals surface area contributed by atoms with Crippen molar-refractivity contribution in [2.45, 2.75) is 26.4 Å². The van der Waals surface area contributed by atoms with E-state index in [1.165, 1.54) is 5.56 Å². The summed E-state index contributed by atoms with van der Waals surface area (Å²) in [5, 5.41) is 0. The lowest BCUT2D eigenvalue weighted by Crippen LogP contribution is -2.11. The van der Waals surface area contributed by atoms with Gasteiger partial charge in [-0.2, -0.15) is 0 Å². The minimum Gasteiger partial charge on any atom is -0.482 e. The predicted octanol–water partition coefficient (Wildman–Crippen LogP) is 7.97. The van der Waals surface area contributed by atoms with E-state index in [9.17, 15) is 0 Å². The first-order valence-corrected chi connectivity index (χ1v) is 12.5. The van der Waals surface area contributed by atoms with E-state index >= 15 is 0 Å². The van der Waals surface area contributed by atoms with Gasteiger partial charge in [-0.3, -0.25) is 0 Å². The van der Waals surface area contributed by atoms with E-state index in [0.29, 0.717) is 17.5 Å². The standard InChI is InChI=1S/C33H29N3O/c1-3-5-8-14-24(13-6-4-2)25-19-21-27(22-20-25)32-34-31(26-15-9-7-10-16-26)35-33(36-32)30-23-28-17-11-12-18-29(28)37-30/h3-22,30H,23H2,1-2H3/b5-3+,6-4-,14-8-,24-13+. The molecule has 1 aliphatic rings. The molecule has 0 saturated carbocycles. The highest BCUT2D eigenvalue weighted by molar-refractivity contribution is 5.77.